The number of hydrogen-bond donors (Lipinski definition) is 0. The first kappa shape index (κ1) is 17.5. The Bertz CT molecular complexity index is 700. The minimum absolute atomic E-state index is 0.141. The maximum Gasteiger partial charge on any atom is 0.345 e. The number of nitrogens with zero attached hydrogens (tertiary/aromatic N) is 2. The van der Waals surface area contributed by atoms with Gasteiger partial charge in [-0.1, -0.05) is 30.3 Å². The van der Waals surface area contributed by atoms with Crippen LogP contribution in [0.4, 0.5) is 0 Å². The predicted octanol–water partition coefficient (Wildman–Crippen LogP) is 2.44. The lowest BCUT2D eigenvalue weighted by molar-refractivity contribution is -0.146. The topological polar surface area (TPSA) is 70.4 Å². The third kappa shape index (κ3) is 4.81. The van der Waals surface area contributed by atoms with Gasteiger partial charge >= 0.3 is 11.9 Å². The van der Waals surface area contributed by atoms with Crippen LogP contribution < -0.4 is 0 Å². The van der Waals surface area contributed by atoms with Crippen molar-refractivity contribution in [3.8, 4) is 0 Å². The molecule has 0 spiro atoms. The SMILES string of the molecule is CCOC(=O)C(=Cc1cnn(Cc2ccccc2)c1)C(=O)OCC. The van der Waals surface area contributed by atoms with Gasteiger partial charge in [-0.3, -0.25) is 4.68 Å². The van der Waals surface area contributed by atoms with E-state index in [1.54, 1.807) is 30.9 Å². The zero-order chi connectivity index (χ0) is 17.4. The first-order valence-corrected chi connectivity index (χ1v) is 7.76. The lowest BCUT2D eigenvalue weighted by atomic mass is 10.2. The molecular formula is C18H20N2O4. The van der Waals surface area contributed by atoms with Gasteiger partial charge in [0, 0.05) is 11.8 Å². The first-order valence-electron chi connectivity index (χ1n) is 7.76. The Morgan fingerprint density at radius 2 is 1.71 bits per heavy atom. The second kappa shape index (κ2) is 8.67. The van der Waals surface area contributed by atoms with Gasteiger partial charge in [-0.05, 0) is 25.5 Å². The number of carbonyl (C=O) groups excluding carboxylic acids is 2. The third-order valence-corrected chi connectivity index (χ3v) is 3.14. The van der Waals surface area contributed by atoms with Crippen LogP contribution in [0.1, 0.15) is 25.0 Å². The maximum atomic E-state index is 11.9. The molecule has 24 heavy (non-hydrogen) atoms. The molecule has 1 aromatic carbocycles. The first-order chi connectivity index (χ1) is 11.6. The van der Waals surface area contributed by atoms with Crippen molar-refractivity contribution in [3.63, 3.8) is 0 Å². The van der Waals surface area contributed by atoms with E-state index in [-0.39, 0.29) is 18.8 Å². The lowest BCUT2D eigenvalue weighted by Gasteiger charge is -2.05. The molecule has 0 atom stereocenters. The zero-order valence-electron chi connectivity index (χ0n) is 13.8. The summed E-state index contributed by atoms with van der Waals surface area (Å²) < 4.78 is 11.6. The fourth-order valence-electron chi connectivity index (χ4n) is 2.10. The number of benzene rings is 1. The molecule has 0 unspecified atom stereocenters. The van der Waals surface area contributed by atoms with Crippen LogP contribution >= 0.6 is 0 Å². The highest BCUT2D eigenvalue weighted by Crippen LogP contribution is 2.11. The summed E-state index contributed by atoms with van der Waals surface area (Å²) in [5, 5.41) is 4.24. The number of rotatable bonds is 7. The summed E-state index contributed by atoms with van der Waals surface area (Å²) in [4.78, 5) is 23.9. The normalized spacial score (nSPS) is 10.1. The molecule has 0 aliphatic heterocycles. The summed E-state index contributed by atoms with van der Waals surface area (Å²) in [5.41, 5.74) is 1.59. The highest BCUT2D eigenvalue weighted by Gasteiger charge is 2.21. The van der Waals surface area contributed by atoms with Crippen molar-refractivity contribution in [1.29, 1.82) is 0 Å². The molecule has 0 aliphatic rings. The Morgan fingerprint density at radius 1 is 1.08 bits per heavy atom. The summed E-state index contributed by atoms with van der Waals surface area (Å²) in [5.74, 6) is -1.40. The Balaban J connectivity index is 2.19. The van der Waals surface area contributed by atoms with E-state index in [1.165, 1.54) is 6.08 Å². The zero-order valence-corrected chi connectivity index (χ0v) is 13.8. The van der Waals surface area contributed by atoms with Crippen LogP contribution in [-0.2, 0) is 25.6 Å². The molecule has 0 fully saturated rings. The quantitative estimate of drug-likeness (QED) is 0.338. The van der Waals surface area contributed by atoms with E-state index < -0.39 is 11.9 Å². The molecule has 2 aromatic rings. The van der Waals surface area contributed by atoms with E-state index in [9.17, 15) is 9.59 Å². The van der Waals surface area contributed by atoms with Crippen molar-refractivity contribution in [2.45, 2.75) is 20.4 Å². The second-order valence-electron chi connectivity index (χ2n) is 4.96. The largest absolute Gasteiger partial charge is 0.462 e. The molecule has 6 heteroatoms. The summed E-state index contributed by atoms with van der Waals surface area (Å²) in [7, 11) is 0. The molecule has 6 nitrogen and oxygen atoms in total. The molecule has 0 saturated heterocycles. The van der Waals surface area contributed by atoms with Crippen molar-refractivity contribution in [3.05, 3.63) is 59.4 Å². The van der Waals surface area contributed by atoms with Crippen molar-refractivity contribution in [2.75, 3.05) is 13.2 Å². The van der Waals surface area contributed by atoms with Gasteiger partial charge in [-0.2, -0.15) is 5.10 Å². The van der Waals surface area contributed by atoms with Gasteiger partial charge in [0.2, 0.25) is 0 Å². The average molecular weight is 328 g/mol. The van der Waals surface area contributed by atoms with Gasteiger partial charge in [0.05, 0.1) is 26.0 Å². The number of carbonyl (C=O) groups is 2. The maximum absolute atomic E-state index is 11.9. The average Bonchev–Trinajstić information content (AvgIpc) is 3.01. The van der Waals surface area contributed by atoms with E-state index in [2.05, 4.69) is 5.10 Å². The standard InChI is InChI=1S/C18H20N2O4/c1-3-23-17(21)16(18(22)24-4-2)10-15-11-19-20(13-15)12-14-8-6-5-7-9-14/h5-11,13H,3-4,12H2,1-2H3. The second-order valence-corrected chi connectivity index (χ2v) is 4.96. The smallest absolute Gasteiger partial charge is 0.345 e. The monoisotopic (exact) mass is 328 g/mol. The molecule has 1 aromatic heterocycles. The Labute approximate surface area is 140 Å². The van der Waals surface area contributed by atoms with Gasteiger partial charge in [0.1, 0.15) is 5.57 Å². The Hall–Kier alpha value is -2.89. The highest BCUT2D eigenvalue weighted by atomic mass is 16.6. The molecule has 126 valence electrons. The molecule has 0 radical (unpaired) electrons. The van der Waals surface area contributed by atoms with Crippen LogP contribution in [0.3, 0.4) is 0 Å². The summed E-state index contributed by atoms with van der Waals surface area (Å²) in [6, 6.07) is 9.87. The van der Waals surface area contributed by atoms with Crippen molar-refractivity contribution < 1.29 is 19.1 Å². The highest BCUT2D eigenvalue weighted by molar-refractivity contribution is 6.17. The van der Waals surface area contributed by atoms with Gasteiger partial charge in [0.25, 0.3) is 0 Å². The van der Waals surface area contributed by atoms with Crippen LogP contribution in [0.25, 0.3) is 6.08 Å². The van der Waals surface area contributed by atoms with E-state index in [1.807, 2.05) is 30.3 Å². The van der Waals surface area contributed by atoms with Gasteiger partial charge in [-0.15, -0.1) is 0 Å². The molecule has 0 N–H and O–H groups in total. The number of ether oxygens (including phenoxy) is 2. The van der Waals surface area contributed by atoms with E-state index >= 15 is 0 Å². The van der Waals surface area contributed by atoms with Crippen molar-refractivity contribution >= 4 is 18.0 Å². The van der Waals surface area contributed by atoms with E-state index in [0.29, 0.717) is 12.1 Å². The molecule has 0 aliphatic carbocycles. The minimum atomic E-state index is -0.702. The van der Waals surface area contributed by atoms with Crippen LogP contribution in [-0.4, -0.2) is 34.9 Å². The van der Waals surface area contributed by atoms with Crippen molar-refractivity contribution in [2.24, 2.45) is 0 Å². The number of hydrogen-bond acceptors (Lipinski definition) is 5. The van der Waals surface area contributed by atoms with Crippen molar-refractivity contribution in [1.82, 2.24) is 9.78 Å². The summed E-state index contributed by atoms with van der Waals surface area (Å²) in [6.45, 7) is 4.33. The van der Waals surface area contributed by atoms with E-state index in [0.717, 1.165) is 5.56 Å². The van der Waals surface area contributed by atoms with Crippen LogP contribution in [0.15, 0.2) is 48.3 Å². The fourth-order valence-corrected chi connectivity index (χ4v) is 2.10. The predicted molar refractivity (Wildman–Crippen MR) is 89.0 cm³/mol. The summed E-state index contributed by atoms with van der Waals surface area (Å²) >= 11 is 0. The molecule has 0 bridgehead atoms. The van der Waals surface area contributed by atoms with Gasteiger partial charge in [-0.25, -0.2) is 9.59 Å². The van der Waals surface area contributed by atoms with Crippen LogP contribution in [0.5, 0.6) is 0 Å². The van der Waals surface area contributed by atoms with Crippen LogP contribution in [0, 0.1) is 0 Å². The van der Waals surface area contributed by atoms with Crippen LogP contribution in [0.2, 0.25) is 0 Å². The molecule has 0 saturated carbocycles. The third-order valence-electron chi connectivity index (χ3n) is 3.14. The molecule has 1 heterocycles. The molecule has 0 amide bonds. The molecule has 2 rings (SSSR count). The minimum Gasteiger partial charge on any atom is -0.462 e. The molecular weight excluding hydrogens is 308 g/mol. The lowest BCUT2D eigenvalue weighted by Crippen LogP contribution is -2.18. The summed E-state index contributed by atoms with van der Waals surface area (Å²) in [6.07, 6.45) is 4.78. The Morgan fingerprint density at radius 3 is 2.29 bits per heavy atom. The number of aromatic nitrogens is 2. The number of esters is 2. The Kier molecular flexibility index (Phi) is 6.31. The van der Waals surface area contributed by atoms with Gasteiger partial charge in [0.15, 0.2) is 0 Å². The fraction of sp³-hybridized carbons (Fsp3) is 0.278. The van der Waals surface area contributed by atoms with E-state index in [4.69, 9.17) is 9.47 Å². The van der Waals surface area contributed by atoms with Gasteiger partial charge < -0.3 is 9.47 Å².